The average Bonchev–Trinajstić information content (AvgIpc) is 2.61. The minimum absolute atomic E-state index is 0.204. The Kier molecular flexibility index (Phi) is 3.15. The van der Waals surface area contributed by atoms with Gasteiger partial charge in [-0.05, 0) is 30.0 Å². The van der Waals surface area contributed by atoms with E-state index in [1.54, 1.807) is 6.07 Å². The van der Waals surface area contributed by atoms with E-state index in [2.05, 4.69) is 4.90 Å². The van der Waals surface area contributed by atoms with E-state index in [4.69, 9.17) is 0 Å². The minimum atomic E-state index is -0.353. The third kappa shape index (κ3) is 2.19. The maximum absolute atomic E-state index is 13.1. The van der Waals surface area contributed by atoms with Crippen molar-refractivity contribution in [2.45, 2.75) is 26.4 Å². The lowest BCUT2D eigenvalue weighted by atomic mass is 10.1. The number of aliphatic hydroxyl groups excluding tert-OH is 1. The van der Waals surface area contributed by atoms with Gasteiger partial charge in [-0.15, -0.1) is 0 Å². The van der Waals surface area contributed by atoms with Crippen molar-refractivity contribution in [2.75, 3.05) is 18.0 Å². The lowest BCUT2D eigenvalue weighted by molar-refractivity contribution is 0.131. The molecule has 16 heavy (non-hydrogen) atoms. The first-order chi connectivity index (χ1) is 7.58. The monoisotopic (exact) mass is 223 g/mol. The summed E-state index contributed by atoms with van der Waals surface area (Å²) in [6.07, 6.45) is 0.592. The molecule has 2 rings (SSSR count). The van der Waals surface area contributed by atoms with Gasteiger partial charge in [-0.25, -0.2) is 4.39 Å². The highest BCUT2D eigenvalue weighted by molar-refractivity contribution is 5.58. The lowest BCUT2D eigenvalue weighted by Gasteiger charge is -2.24. The van der Waals surface area contributed by atoms with Crippen LogP contribution in [0.25, 0.3) is 0 Å². The molecule has 1 heterocycles. The first-order valence-electron chi connectivity index (χ1n) is 5.79. The Bertz CT molecular complexity index is 378. The zero-order valence-electron chi connectivity index (χ0n) is 9.78. The number of anilines is 1. The van der Waals surface area contributed by atoms with Crippen LogP contribution < -0.4 is 4.90 Å². The topological polar surface area (TPSA) is 23.5 Å². The Balaban J connectivity index is 2.14. The van der Waals surface area contributed by atoms with Crippen molar-refractivity contribution in [2.24, 2.45) is 5.92 Å². The normalized spacial score (nSPS) is 16.7. The molecule has 1 aromatic carbocycles. The molecule has 88 valence electrons. The van der Waals surface area contributed by atoms with Crippen molar-refractivity contribution in [3.8, 4) is 0 Å². The van der Waals surface area contributed by atoms with Crippen molar-refractivity contribution >= 4 is 5.69 Å². The summed E-state index contributed by atoms with van der Waals surface area (Å²) in [5, 5.41) is 9.85. The summed E-state index contributed by atoms with van der Waals surface area (Å²) < 4.78 is 13.1. The molecule has 0 amide bonds. The maximum atomic E-state index is 13.1. The van der Waals surface area contributed by atoms with E-state index in [-0.39, 0.29) is 17.8 Å². The summed E-state index contributed by atoms with van der Waals surface area (Å²) in [7, 11) is 0. The van der Waals surface area contributed by atoms with Gasteiger partial charge >= 0.3 is 0 Å². The van der Waals surface area contributed by atoms with Gasteiger partial charge in [0, 0.05) is 18.8 Å². The molecule has 0 saturated heterocycles. The summed E-state index contributed by atoms with van der Waals surface area (Å²) in [5.74, 6) is 0.0299. The van der Waals surface area contributed by atoms with Gasteiger partial charge < -0.3 is 10.0 Å². The molecular formula is C13H18FNO. The highest BCUT2D eigenvalue weighted by Gasteiger charge is 2.22. The van der Waals surface area contributed by atoms with Gasteiger partial charge in [-0.3, -0.25) is 0 Å². The molecule has 1 unspecified atom stereocenters. The van der Waals surface area contributed by atoms with E-state index in [0.29, 0.717) is 6.54 Å². The van der Waals surface area contributed by atoms with Crippen molar-refractivity contribution in [3.05, 3.63) is 29.6 Å². The smallest absolute Gasteiger partial charge is 0.125 e. The molecule has 0 aliphatic carbocycles. The third-order valence-electron chi connectivity index (χ3n) is 3.22. The first kappa shape index (κ1) is 11.4. The molecular weight excluding hydrogens is 205 g/mol. The number of halogens is 1. The zero-order chi connectivity index (χ0) is 11.7. The third-order valence-corrected chi connectivity index (χ3v) is 3.22. The van der Waals surface area contributed by atoms with E-state index in [1.807, 2.05) is 19.9 Å². The van der Waals surface area contributed by atoms with Gasteiger partial charge in [-0.2, -0.15) is 0 Å². The van der Waals surface area contributed by atoms with Crippen LogP contribution in [0.1, 0.15) is 19.4 Å². The van der Waals surface area contributed by atoms with Crippen LogP contribution >= 0.6 is 0 Å². The molecule has 1 aliphatic heterocycles. The number of nitrogens with zero attached hydrogens (tertiary/aromatic N) is 1. The van der Waals surface area contributed by atoms with Crippen LogP contribution in [0.4, 0.5) is 10.1 Å². The summed E-state index contributed by atoms with van der Waals surface area (Å²) in [4.78, 5) is 2.07. The van der Waals surface area contributed by atoms with Crippen molar-refractivity contribution < 1.29 is 9.50 Å². The lowest BCUT2D eigenvalue weighted by Crippen LogP contribution is -2.33. The minimum Gasteiger partial charge on any atom is -0.391 e. The van der Waals surface area contributed by atoms with Gasteiger partial charge in [0.1, 0.15) is 5.82 Å². The van der Waals surface area contributed by atoms with Crippen LogP contribution in [0.15, 0.2) is 18.2 Å². The van der Waals surface area contributed by atoms with E-state index < -0.39 is 0 Å². The Hall–Kier alpha value is -1.09. The maximum Gasteiger partial charge on any atom is 0.125 e. The van der Waals surface area contributed by atoms with E-state index in [9.17, 15) is 9.50 Å². The Morgan fingerprint density at radius 2 is 2.19 bits per heavy atom. The van der Waals surface area contributed by atoms with Crippen molar-refractivity contribution in [1.29, 1.82) is 0 Å². The molecule has 2 nitrogen and oxygen atoms in total. The highest BCUT2D eigenvalue weighted by Crippen LogP contribution is 2.29. The van der Waals surface area contributed by atoms with Crippen molar-refractivity contribution in [3.63, 3.8) is 0 Å². The second kappa shape index (κ2) is 4.42. The molecule has 1 atom stereocenters. The van der Waals surface area contributed by atoms with E-state index in [0.717, 1.165) is 18.7 Å². The second-order valence-corrected chi connectivity index (χ2v) is 4.78. The fourth-order valence-electron chi connectivity index (χ4n) is 2.04. The van der Waals surface area contributed by atoms with Gasteiger partial charge in [0.25, 0.3) is 0 Å². The second-order valence-electron chi connectivity index (χ2n) is 4.78. The molecule has 0 saturated carbocycles. The molecule has 0 radical (unpaired) electrons. The molecule has 1 aliphatic rings. The van der Waals surface area contributed by atoms with Gasteiger partial charge in [-0.1, -0.05) is 19.9 Å². The number of β-amino-alcohol motifs (C(OH)–C–C–N with tert-alkyl or cyclic N) is 1. The predicted molar refractivity (Wildman–Crippen MR) is 63.2 cm³/mol. The van der Waals surface area contributed by atoms with Crippen LogP contribution in [0.2, 0.25) is 0 Å². The largest absolute Gasteiger partial charge is 0.391 e. The van der Waals surface area contributed by atoms with Gasteiger partial charge in [0.2, 0.25) is 0 Å². The van der Waals surface area contributed by atoms with Gasteiger partial charge in [0.05, 0.1) is 6.10 Å². The van der Waals surface area contributed by atoms with Crippen LogP contribution in [0.3, 0.4) is 0 Å². The summed E-state index contributed by atoms with van der Waals surface area (Å²) in [5.41, 5.74) is 2.12. The number of benzene rings is 1. The first-order valence-corrected chi connectivity index (χ1v) is 5.79. The van der Waals surface area contributed by atoms with E-state index >= 15 is 0 Å². The number of aliphatic hydroxyl groups is 1. The number of rotatable bonds is 3. The zero-order valence-corrected chi connectivity index (χ0v) is 9.78. The Morgan fingerprint density at radius 1 is 1.44 bits per heavy atom. The molecule has 0 bridgehead atoms. The van der Waals surface area contributed by atoms with Crippen molar-refractivity contribution in [1.82, 2.24) is 0 Å². The Labute approximate surface area is 95.7 Å². The van der Waals surface area contributed by atoms with Crippen LogP contribution in [0.5, 0.6) is 0 Å². The number of hydrogen-bond donors (Lipinski definition) is 1. The van der Waals surface area contributed by atoms with Gasteiger partial charge in [0.15, 0.2) is 0 Å². The summed E-state index contributed by atoms with van der Waals surface area (Å²) in [6.45, 7) is 5.46. The molecule has 0 spiro atoms. The van der Waals surface area contributed by atoms with Crippen LogP contribution in [-0.2, 0) is 6.42 Å². The molecule has 3 heteroatoms. The van der Waals surface area contributed by atoms with Crippen LogP contribution in [0, 0.1) is 11.7 Å². The quantitative estimate of drug-likeness (QED) is 0.849. The Morgan fingerprint density at radius 3 is 2.88 bits per heavy atom. The van der Waals surface area contributed by atoms with E-state index in [1.165, 1.54) is 11.6 Å². The fourth-order valence-corrected chi connectivity index (χ4v) is 2.04. The molecule has 0 fully saturated rings. The predicted octanol–water partition coefficient (Wildman–Crippen LogP) is 2.21. The molecule has 0 aromatic heterocycles. The number of hydrogen-bond acceptors (Lipinski definition) is 2. The fraction of sp³-hybridized carbons (Fsp3) is 0.538. The molecule has 1 N–H and O–H groups in total. The number of fused-ring (bicyclic) bond motifs is 1. The highest BCUT2D eigenvalue weighted by atomic mass is 19.1. The molecule has 1 aromatic rings. The van der Waals surface area contributed by atoms with Crippen LogP contribution in [-0.4, -0.2) is 24.3 Å². The average molecular weight is 223 g/mol. The summed E-state index contributed by atoms with van der Waals surface area (Å²) in [6, 6.07) is 4.91. The summed E-state index contributed by atoms with van der Waals surface area (Å²) >= 11 is 0. The SMILES string of the molecule is CC(C)C(O)CN1CCc2ccc(F)cc21. The standard InChI is InChI=1S/C13H18FNO/c1-9(2)13(16)8-15-6-5-10-3-4-11(14)7-12(10)15/h3-4,7,9,13,16H,5-6,8H2,1-2H3.